The van der Waals surface area contributed by atoms with Gasteiger partial charge in [-0.3, -0.25) is 4.79 Å². The van der Waals surface area contributed by atoms with Crippen LogP contribution in [0.3, 0.4) is 0 Å². The third-order valence-corrected chi connectivity index (χ3v) is 2.84. The van der Waals surface area contributed by atoms with E-state index in [0.29, 0.717) is 25.4 Å². The van der Waals surface area contributed by atoms with E-state index in [1.807, 2.05) is 20.8 Å². The van der Waals surface area contributed by atoms with Crippen LogP contribution in [-0.4, -0.2) is 47.4 Å². The fraction of sp³-hybridized carbons (Fsp3) is 0.818. The molecule has 3 amide bonds. The van der Waals surface area contributed by atoms with Crippen molar-refractivity contribution >= 4 is 23.5 Å². The van der Waals surface area contributed by atoms with Crippen molar-refractivity contribution in [2.24, 2.45) is 0 Å². The highest BCUT2D eigenvalue weighted by Gasteiger charge is 2.36. The minimum atomic E-state index is -0.265. The predicted molar refractivity (Wildman–Crippen MR) is 67.1 cm³/mol. The second-order valence-electron chi connectivity index (χ2n) is 5.17. The highest BCUT2D eigenvalue weighted by atomic mass is 35.5. The molecule has 1 heterocycles. The Morgan fingerprint density at radius 1 is 1.53 bits per heavy atom. The SMILES string of the molecule is CC(C)(C)N1CC(NC(=O)NCCCl)CC1=O. The van der Waals surface area contributed by atoms with Crippen molar-refractivity contribution in [3.05, 3.63) is 0 Å². The summed E-state index contributed by atoms with van der Waals surface area (Å²) in [6.45, 7) is 6.95. The van der Waals surface area contributed by atoms with E-state index in [0.717, 1.165) is 0 Å². The van der Waals surface area contributed by atoms with E-state index in [1.165, 1.54) is 0 Å². The van der Waals surface area contributed by atoms with Gasteiger partial charge in [-0.25, -0.2) is 4.79 Å². The number of rotatable bonds is 3. The van der Waals surface area contributed by atoms with Crippen molar-refractivity contribution in [2.45, 2.75) is 38.8 Å². The molecule has 0 aromatic heterocycles. The van der Waals surface area contributed by atoms with Crippen LogP contribution in [0.1, 0.15) is 27.2 Å². The molecule has 0 saturated carbocycles. The van der Waals surface area contributed by atoms with Crippen LogP contribution in [0.4, 0.5) is 4.79 Å². The first kappa shape index (κ1) is 14.1. The number of nitrogens with one attached hydrogen (secondary N) is 2. The van der Waals surface area contributed by atoms with Crippen LogP contribution in [0, 0.1) is 0 Å². The van der Waals surface area contributed by atoms with Gasteiger partial charge in [0.05, 0.1) is 6.04 Å². The Bertz CT molecular complexity index is 302. The predicted octanol–water partition coefficient (Wildman–Crippen LogP) is 0.924. The van der Waals surface area contributed by atoms with Crippen LogP contribution < -0.4 is 10.6 Å². The highest BCUT2D eigenvalue weighted by Crippen LogP contribution is 2.21. The minimum absolute atomic E-state index is 0.0835. The largest absolute Gasteiger partial charge is 0.337 e. The molecule has 1 fully saturated rings. The van der Waals surface area contributed by atoms with Crippen molar-refractivity contribution in [3.8, 4) is 0 Å². The first-order valence-electron chi connectivity index (χ1n) is 5.75. The van der Waals surface area contributed by atoms with Crippen LogP contribution in [0.15, 0.2) is 0 Å². The number of carbonyl (C=O) groups excluding carboxylic acids is 2. The minimum Gasteiger partial charge on any atom is -0.337 e. The zero-order chi connectivity index (χ0) is 13.1. The number of urea groups is 1. The van der Waals surface area contributed by atoms with Crippen molar-refractivity contribution in [1.82, 2.24) is 15.5 Å². The summed E-state index contributed by atoms with van der Waals surface area (Å²) in [6.07, 6.45) is 0.367. The number of amides is 3. The van der Waals surface area contributed by atoms with Crippen molar-refractivity contribution in [2.75, 3.05) is 19.0 Å². The summed E-state index contributed by atoms with van der Waals surface area (Å²) in [4.78, 5) is 25.0. The Labute approximate surface area is 107 Å². The van der Waals surface area contributed by atoms with Crippen molar-refractivity contribution in [1.29, 1.82) is 0 Å². The molecule has 17 heavy (non-hydrogen) atoms. The second-order valence-corrected chi connectivity index (χ2v) is 5.54. The Kier molecular flexibility index (Phi) is 4.62. The Balaban J connectivity index is 2.44. The van der Waals surface area contributed by atoms with E-state index in [-0.39, 0.29) is 23.5 Å². The number of halogens is 1. The molecule has 1 aliphatic heterocycles. The van der Waals surface area contributed by atoms with E-state index in [1.54, 1.807) is 4.90 Å². The van der Waals surface area contributed by atoms with Crippen LogP contribution in [-0.2, 0) is 4.79 Å². The van der Waals surface area contributed by atoms with Crippen LogP contribution in [0.5, 0.6) is 0 Å². The van der Waals surface area contributed by atoms with E-state index >= 15 is 0 Å². The van der Waals surface area contributed by atoms with Gasteiger partial charge < -0.3 is 15.5 Å². The van der Waals surface area contributed by atoms with Gasteiger partial charge in [-0.05, 0) is 20.8 Å². The van der Waals surface area contributed by atoms with Crippen LogP contribution in [0.2, 0.25) is 0 Å². The summed E-state index contributed by atoms with van der Waals surface area (Å²) in [5.74, 6) is 0.464. The van der Waals surface area contributed by atoms with Gasteiger partial charge >= 0.3 is 6.03 Å². The third kappa shape index (κ3) is 4.07. The fourth-order valence-electron chi connectivity index (χ4n) is 1.85. The summed E-state index contributed by atoms with van der Waals surface area (Å²) < 4.78 is 0. The molecular formula is C11H20ClN3O2. The van der Waals surface area contributed by atoms with Gasteiger partial charge in [-0.2, -0.15) is 0 Å². The molecule has 1 atom stereocenters. The van der Waals surface area contributed by atoms with Gasteiger partial charge in [0.1, 0.15) is 0 Å². The molecule has 1 aliphatic rings. The van der Waals surface area contributed by atoms with Gasteiger partial charge in [-0.15, -0.1) is 11.6 Å². The molecule has 1 unspecified atom stereocenters. The Morgan fingerprint density at radius 2 is 2.18 bits per heavy atom. The molecule has 6 heteroatoms. The van der Waals surface area contributed by atoms with E-state index in [2.05, 4.69) is 10.6 Å². The number of likely N-dealkylation sites (tertiary alicyclic amines) is 1. The fourth-order valence-corrected chi connectivity index (χ4v) is 1.94. The van der Waals surface area contributed by atoms with E-state index < -0.39 is 0 Å². The van der Waals surface area contributed by atoms with Gasteiger partial charge in [0.25, 0.3) is 0 Å². The first-order chi connectivity index (χ1) is 7.84. The Morgan fingerprint density at radius 3 is 2.65 bits per heavy atom. The summed E-state index contributed by atoms with van der Waals surface area (Å²) in [6, 6.07) is -0.378. The molecule has 0 aromatic rings. The maximum Gasteiger partial charge on any atom is 0.315 e. The van der Waals surface area contributed by atoms with Crippen molar-refractivity contribution in [3.63, 3.8) is 0 Å². The zero-order valence-corrected chi connectivity index (χ0v) is 11.3. The molecule has 0 spiro atoms. The quantitative estimate of drug-likeness (QED) is 0.743. The van der Waals surface area contributed by atoms with Gasteiger partial charge in [0, 0.05) is 30.9 Å². The van der Waals surface area contributed by atoms with Crippen LogP contribution in [0.25, 0.3) is 0 Å². The maximum atomic E-state index is 11.8. The molecule has 0 bridgehead atoms. The summed E-state index contributed by atoms with van der Waals surface area (Å²) >= 11 is 5.46. The molecule has 1 rings (SSSR count). The lowest BCUT2D eigenvalue weighted by molar-refractivity contribution is -0.131. The molecule has 5 nitrogen and oxygen atoms in total. The second kappa shape index (κ2) is 5.58. The number of nitrogens with zero attached hydrogens (tertiary/aromatic N) is 1. The number of hydrogen-bond donors (Lipinski definition) is 2. The lowest BCUT2D eigenvalue weighted by atomic mass is 10.1. The van der Waals surface area contributed by atoms with Crippen molar-refractivity contribution < 1.29 is 9.59 Å². The van der Waals surface area contributed by atoms with Gasteiger partial charge in [0.15, 0.2) is 0 Å². The lowest BCUT2D eigenvalue weighted by Gasteiger charge is -2.32. The lowest BCUT2D eigenvalue weighted by Crippen LogP contribution is -2.46. The smallest absolute Gasteiger partial charge is 0.315 e. The first-order valence-corrected chi connectivity index (χ1v) is 6.29. The normalized spacial score (nSPS) is 20.6. The average Bonchev–Trinajstić information content (AvgIpc) is 2.56. The maximum absolute atomic E-state index is 11.8. The van der Waals surface area contributed by atoms with E-state index in [4.69, 9.17) is 11.6 Å². The standard InChI is InChI=1S/C11H20ClN3O2/c1-11(2,3)15-7-8(6-9(15)16)14-10(17)13-5-4-12/h8H,4-7H2,1-3H3,(H2,13,14,17). The third-order valence-electron chi connectivity index (χ3n) is 2.65. The molecule has 0 radical (unpaired) electrons. The number of hydrogen-bond acceptors (Lipinski definition) is 2. The van der Waals surface area contributed by atoms with Gasteiger partial charge in [0.2, 0.25) is 5.91 Å². The van der Waals surface area contributed by atoms with E-state index in [9.17, 15) is 9.59 Å². The number of carbonyl (C=O) groups is 2. The molecule has 0 aromatic carbocycles. The summed E-state index contributed by atoms with van der Waals surface area (Å²) in [5.41, 5.74) is -0.194. The molecule has 0 aliphatic carbocycles. The zero-order valence-electron chi connectivity index (χ0n) is 10.5. The molecule has 98 valence electrons. The molecular weight excluding hydrogens is 242 g/mol. The Hall–Kier alpha value is -0.970. The molecule has 2 N–H and O–H groups in total. The average molecular weight is 262 g/mol. The number of alkyl halides is 1. The summed E-state index contributed by atoms with van der Waals surface area (Å²) in [7, 11) is 0. The highest BCUT2D eigenvalue weighted by molar-refractivity contribution is 6.18. The monoisotopic (exact) mass is 261 g/mol. The summed E-state index contributed by atoms with van der Waals surface area (Å²) in [5, 5.41) is 5.39. The molecule has 1 saturated heterocycles. The van der Waals surface area contributed by atoms with Crippen LogP contribution >= 0.6 is 11.6 Å². The topological polar surface area (TPSA) is 61.4 Å². The van der Waals surface area contributed by atoms with Gasteiger partial charge in [-0.1, -0.05) is 0 Å².